The zero-order chi connectivity index (χ0) is 25.1. The number of aromatic nitrogens is 2. The van der Waals surface area contributed by atoms with E-state index in [-0.39, 0.29) is 48.1 Å². The van der Waals surface area contributed by atoms with Gasteiger partial charge in [-0.3, -0.25) is 4.79 Å². The van der Waals surface area contributed by atoms with Crippen molar-refractivity contribution in [2.45, 2.75) is 74.7 Å². The fourth-order valence-electron chi connectivity index (χ4n) is 7.04. The van der Waals surface area contributed by atoms with Gasteiger partial charge in [-0.15, -0.1) is 0 Å². The smallest absolute Gasteiger partial charge is 0.379 e. The molecule has 4 saturated heterocycles. The molecule has 12 heteroatoms. The van der Waals surface area contributed by atoms with Crippen molar-refractivity contribution in [3.05, 3.63) is 18.1 Å². The van der Waals surface area contributed by atoms with Gasteiger partial charge in [0.25, 0.3) is 0 Å². The number of nitrogens with one attached hydrogen (secondary N) is 1. The summed E-state index contributed by atoms with van der Waals surface area (Å²) in [5.41, 5.74) is -0.543. The molecule has 1 amide bonds. The molecule has 2 bridgehead atoms. The van der Waals surface area contributed by atoms with Gasteiger partial charge >= 0.3 is 6.18 Å². The minimum Gasteiger partial charge on any atom is -0.379 e. The van der Waals surface area contributed by atoms with Crippen LogP contribution in [0.5, 0.6) is 0 Å². The highest BCUT2D eigenvalue weighted by molar-refractivity contribution is 5.85. The lowest BCUT2D eigenvalue weighted by molar-refractivity contribution is -0.145. The number of nitrogens with zero attached hydrogens (tertiary/aromatic N) is 4. The maximum atomic E-state index is 14.0. The van der Waals surface area contributed by atoms with Gasteiger partial charge < -0.3 is 29.3 Å². The van der Waals surface area contributed by atoms with Crippen LogP contribution >= 0.6 is 0 Å². The average Bonchev–Trinajstić information content (AvgIpc) is 3.63. The van der Waals surface area contributed by atoms with Gasteiger partial charge in [0.15, 0.2) is 0 Å². The lowest BCUT2D eigenvalue weighted by Crippen LogP contribution is -2.55. The summed E-state index contributed by atoms with van der Waals surface area (Å²) in [6.07, 6.45) is 0.254. The number of alkyl halides is 3. The van der Waals surface area contributed by atoms with Crippen LogP contribution in [0.4, 0.5) is 19.0 Å². The number of methoxy groups -OCH3 is 1. The van der Waals surface area contributed by atoms with Crippen molar-refractivity contribution in [2.24, 2.45) is 5.41 Å². The van der Waals surface area contributed by atoms with E-state index in [2.05, 4.69) is 15.3 Å². The van der Waals surface area contributed by atoms with Crippen molar-refractivity contribution in [1.82, 2.24) is 20.2 Å². The van der Waals surface area contributed by atoms with E-state index in [9.17, 15) is 18.0 Å². The summed E-state index contributed by atoms with van der Waals surface area (Å²) >= 11 is 0. The number of likely N-dealkylation sites (tertiary alicyclic amines) is 1. The second-order valence-electron chi connectivity index (χ2n) is 10.7. The van der Waals surface area contributed by atoms with Crippen molar-refractivity contribution >= 4 is 11.7 Å². The van der Waals surface area contributed by atoms with E-state index in [4.69, 9.17) is 14.2 Å². The highest BCUT2D eigenvalue weighted by atomic mass is 19.4. The van der Waals surface area contributed by atoms with Crippen LogP contribution < -0.4 is 10.2 Å². The molecular formula is C24H32F3N5O4. The first-order chi connectivity index (χ1) is 17.3. The summed E-state index contributed by atoms with van der Waals surface area (Å²) in [6, 6.07) is 1.77. The van der Waals surface area contributed by atoms with Gasteiger partial charge in [-0.2, -0.15) is 13.2 Å². The Bertz CT molecular complexity index is 999. The molecule has 0 radical (unpaired) electrons. The number of carbonyl (C=O) groups is 1. The summed E-state index contributed by atoms with van der Waals surface area (Å²) in [5.74, 6) is -0.730. The molecule has 1 aromatic rings. The van der Waals surface area contributed by atoms with Gasteiger partial charge in [0.1, 0.15) is 5.82 Å². The number of amides is 1. The Morgan fingerprint density at radius 3 is 2.86 bits per heavy atom. The van der Waals surface area contributed by atoms with Gasteiger partial charge in [-0.25, -0.2) is 9.97 Å². The number of hydrogen-bond donors (Lipinski definition) is 1. The van der Waals surface area contributed by atoms with Crippen molar-refractivity contribution in [3.63, 3.8) is 0 Å². The normalized spacial score (nSPS) is 38.1. The largest absolute Gasteiger partial charge is 0.451 e. The minimum atomic E-state index is -4.59. The van der Waals surface area contributed by atoms with Crippen molar-refractivity contribution < 1.29 is 32.2 Å². The first kappa shape index (κ1) is 24.3. The summed E-state index contributed by atoms with van der Waals surface area (Å²) < 4.78 is 56.5. The van der Waals surface area contributed by atoms with Gasteiger partial charge in [-0.05, 0) is 38.2 Å². The maximum Gasteiger partial charge on any atom is 0.451 e. The number of carbonyl (C=O) groups excluding carboxylic acids is 1. The Labute approximate surface area is 207 Å². The van der Waals surface area contributed by atoms with E-state index in [1.54, 1.807) is 7.11 Å². The Kier molecular flexibility index (Phi) is 6.13. The lowest BCUT2D eigenvalue weighted by atomic mass is 9.80. The molecule has 9 nitrogen and oxygen atoms in total. The highest BCUT2D eigenvalue weighted by Gasteiger charge is 2.60. The first-order valence-electron chi connectivity index (χ1n) is 12.7. The SMILES string of the molecule is CO[C@@H]1COCC[C@@H]1N[C@@H]1C[C@H]2OCC[C@@]2(C(=O)N2C[C@@H]3C[C@H]2CN3c2ccnc(C(F)(F)F)n2)C1. The number of rotatable bonds is 5. The van der Waals surface area contributed by atoms with Crippen LogP contribution in [0.3, 0.4) is 0 Å². The quantitative estimate of drug-likeness (QED) is 0.638. The molecule has 1 N–H and O–H groups in total. The van der Waals surface area contributed by atoms with Crippen LogP contribution in [-0.4, -0.2) is 97.2 Å². The van der Waals surface area contributed by atoms with E-state index in [1.807, 2.05) is 9.80 Å². The number of halogens is 3. The van der Waals surface area contributed by atoms with E-state index in [1.165, 1.54) is 6.07 Å². The second-order valence-corrected chi connectivity index (χ2v) is 10.7. The number of piperazine rings is 1. The second kappa shape index (κ2) is 9.07. The zero-order valence-corrected chi connectivity index (χ0v) is 20.2. The van der Waals surface area contributed by atoms with E-state index in [0.29, 0.717) is 39.3 Å². The van der Waals surface area contributed by atoms with Crippen LogP contribution in [0.2, 0.25) is 0 Å². The third-order valence-electron chi connectivity index (χ3n) is 8.77. The number of fused-ring (bicyclic) bond motifs is 3. The van der Waals surface area contributed by atoms with Crippen LogP contribution in [0.1, 0.15) is 37.9 Å². The minimum absolute atomic E-state index is 0.00767. The number of anilines is 1. The first-order valence-corrected chi connectivity index (χ1v) is 12.7. The maximum absolute atomic E-state index is 14.0. The molecule has 0 aromatic carbocycles. The Morgan fingerprint density at radius 1 is 1.25 bits per heavy atom. The summed E-state index contributed by atoms with van der Waals surface area (Å²) in [7, 11) is 1.70. The lowest BCUT2D eigenvalue weighted by Gasteiger charge is -2.39. The molecule has 6 rings (SSSR count). The third-order valence-corrected chi connectivity index (χ3v) is 8.77. The molecule has 0 spiro atoms. The van der Waals surface area contributed by atoms with E-state index < -0.39 is 17.4 Å². The molecule has 4 aliphatic heterocycles. The van der Waals surface area contributed by atoms with E-state index in [0.717, 1.165) is 31.9 Å². The monoisotopic (exact) mass is 511 g/mol. The van der Waals surface area contributed by atoms with Gasteiger partial charge in [-0.1, -0.05) is 0 Å². The Morgan fingerprint density at radius 2 is 2.11 bits per heavy atom. The summed E-state index contributed by atoms with van der Waals surface area (Å²) in [4.78, 5) is 25.0. The molecule has 1 aromatic heterocycles. The Hall–Kier alpha value is -2.02. The topological polar surface area (TPSA) is 89.0 Å². The summed E-state index contributed by atoms with van der Waals surface area (Å²) in [5, 5.41) is 3.73. The van der Waals surface area contributed by atoms with Gasteiger partial charge in [0.2, 0.25) is 11.7 Å². The number of ether oxygens (including phenoxy) is 3. The number of hydrogen-bond acceptors (Lipinski definition) is 8. The predicted molar refractivity (Wildman–Crippen MR) is 121 cm³/mol. The molecule has 1 aliphatic carbocycles. The van der Waals surface area contributed by atoms with Crippen molar-refractivity contribution in [2.75, 3.05) is 44.9 Å². The molecular weight excluding hydrogens is 479 g/mol. The third kappa shape index (κ3) is 4.06. The fourth-order valence-corrected chi connectivity index (χ4v) is 7.04. The fraction of sp³-hybridized carbons (Fsp3) is 0.792. The molecule has 198 valence electrons. The molecule has 1 saturated carbocycles. The molecule has 5 fully saturated rings. The van der Waals surface area contributed by atoms with Gasteiger partial charge in [0, 0.05) is 51.7 Å². The van der Waals surface area contributed by atoms with Crippen LogP contribution in [0, 0.1) is 5.41 Å². The van der Waals surface area contributed by atoms with Crippen molar-refractivity contribution in [1.29, 1.82) is 0 Å². The summed E-state index contributed by atoms with van der Waals surface area (Å²) in [6.45, 7) is 2.81. The molecule has 5 heterocycles. The van der Waals surface area contributed by atoms with Crippen LogP contribution in [-0.2, 0) is 25.2 Å². The highest BCUT2D eigenvalue weighted by Crippen LogP contribution is 2.50. The molecule has 0 unspecified atom stereocenters. The standard InChI is InChI=1S/C24H32F3N5O4/c1-34-18-13-35-6-3-17(18)29-14-8-19-23(10-14,4-7-36-19)22(33)32-12-15-9-16(32)11-31(15)20-2-5-28-21(30-20)24(25,26)27/h2,5,14-19,29H,3-4,6-13H2,1H3/t14-,15+,16+,17+,18-,19-,23-/m1/s1. The molecule has 5 aliphatic rings. The van der Waals surface area contributed by atoms with Crippen LogP contribution in [0.25, 0.3) is 0 Å². The predicted octanol–water partition coefficient (Wildman–Crippen LogP) is 1.62. The van der Waals surface area contributed by atoms with E-state index >= 15 is 0 Å². The van der Waals surface area contributed by atoms with Crippen LogP contribution in [0.15, 0.2) is 12.3 Å². The Balaban J connectivity index is 1.13. The van der Waals surface area contributed by atoms with Crippen molar-refractivity contribution in [3.8, 4) is 0 Å². The van der Waals surface area contributed by atoms with Gasteiger partial charge in [0.05, 0.1) is 36.3 Å². The zero-order valence-electron chi connectivity index (χ0n) is 20.2. The molecule has 36 heavy (non-hydrogen) atoms. The average molecular weight is 512 g/mol. The molecule has 7 atom stereocenters.